The van der Waals surface area contributed by atoms with Crippen molar-refractivity contribution in [3.05, 3.63) is 5.82 Å². The standard InChI is InChI=1S/C12H21N5O2/c1-5-16(6-2)11-13-9(10(18)19)14-12(15-11)17(7-3)8-4/h5-8H2,1-4H3,(H,18,19). The molecule has 0 bridgehead atoms. The van der Waals surface area contributed by atoms with Gasteiger partial charge in [-0.3, -0.25) is 0 Å². The van der Waals surface area contributed by atoms with E-state index in [0.717, 1.165) is 26.2 Å². The molecule has 0 amide bonds. The van der Waals surface area contributed by atoms with Crippen LogP contribution in [0.25, 0.3) is 0 Å². The zero-order chi connectivity index (χ0) is 14.4. The first-order valence-corrected chi connectivity index (χ1v) is 6.56. The predicted molar refractivity (Wildman–Crippen MR) is 73.9 cm³/mol. The molecule has 1 aromatic rings. The van der Waals surface area contributed by atoms with Crippen molar-refractivity contribution in [2.45, 2.75) is 27.7 Å². The molecule has 0 spiro atoms. The number of anilines is 2. The van der Waals surface area contributed by atoms with E-state index in [-0.39, 0.29) is 5.82 Å². The van der Waals surface area contributed by atoms with Crippen molar-refractivity contribution in [2.24, 2.45) is 0 Å². The van der Waals surface area contributed by atoms with Gasteiger partial charge in [0, 0.05) is 26.2 Å². The lowest BCUT2D eigenvalue weighted by Gasteiger charge is -2.22. The highest BCUT2D eigenvalue weighted by Crippen LogP contribution is 2.14. The van der Waals surface area contributed by atoms with Crippen LogP contribution in [-0.2, 0) is 0 Å². The van der Waals surface area contributed by atoms with E-state index < -0.39 is 5.97 Å². The van der Waals surface area contributed by atoms with Gasteiger partial charge in [-0.05, 0) is 27.7 Å². The highest BCUT2D eigenvalue weighted by Gasteiger charge is 2.17. The highest BCUT2D eigenvalue weighted by atomic mass is 16.4. The maximum Gasteiger partial charge on any atom is 0.374 e. The highest BCUT2D eigenvalue weighted by molar-refractivity contribution is 5.83. The lowest BCUT2D eigenvalue weighted by Crippen LogP contribution is -2.29. The fourth-order valence-corrected chi connectivity index (χ4v) is 1.75. The molecule has 7 heteroatoms. The number of nitrogens with zero attached hydrogens (tertiary/aromatic N) is 5. The lowest BCUT2D eigenvalue weighted by atomic mass is 10.5. The number of rotatable bonds is 7. The lowest BCUT2D eigenvalue weighted by molar-refractivity contribution is 0.0683. The maximum absolute atomic E-state index is 11.1. The van der Waals surface area contributed by atoms with Crippen LogP contribution in [-0.4, -0.2) is 52.2 Å². The van der Waals surface area contributed by atoms with Gasteiger partial charge in [-0.2, -0.15) is 15.0 Å². The molecule has 1 rings (SSSR count). The third-order valence-electron chi connectivity index (χ3n) is 2.90. The summed E-state index contributed by atoms with van der Waals surface area (Å²) in [5, 5.41) is 9.10. The van der Waals surface area contributed by atoms with Crippen molar-refractivity contribution < 1.29 is 9.90 Å². The Morgan fingerprint density at radius 2 is 1.26 bits per heavy atom. The van der Waals surface area contributed by atoms with E-state index in [1.54, 1.807) is 0 Å². The summed E-state index contributed by atoms with van der Waals surface area (Å²) >= 11 is 0. The number of carbonyl (C=O) groups is 1. The molecule has 0 aromatic carbocycles. The molecule has 0 aliphatic rings. The van der Waals surface area contributed by atoms with Crippen LogP contribution < -0.4 is 9.80 Å². The quantitative estimate of drug-likeness (QED) is 0.796. The molecule has 0 aliphatic carbocycles. The molecule has 1 aromatic heterocycles. The van der Waals surface area contributed by atoms with E-state index in [0.29, 0.717) is 11.9 Å². The number of aromatic carboxylic acids is 1. The first-order valence-electron chi connectivity index (χ1n) is 6.56. The molecule has 0 saturated carbocycles. The Balaban J connectivity index is 3.28. The van der Waals surface area contributed by atoms with Gasteiger partial charge >= 0.3 is 5.97 Å². The Morgan fingerprint density at radius 3 is 1.53 bits per heavy atom. The van der Waals surface area contributed by atoms with Crippen molar-refractivity contribution in [3.63, 3.8) is 0 Å². The minimum absolute atomic E-state index is 0.209. The van der Waals surface area contributed by atoms with Crippen molar-refractivity contribution in [3.8, 4) is 0 Å². The topological polar surface area (TPSA) is 82.5 Å². The summed E-state index contributed by atoms with van der Waals surface area (Å²) in [5.41, 5.74) is 0. The summed E-state index contributed by atoms with van der Waals surface area (Å²) in [6, 6.07) is 0. The largest absolute Gasteiger partial charge is 0.475 e. The van der Waals surface area contributed by atoms with Gasteiger partial charge in [0.25, 0.3) is 0 Å². The molecule has 0 atom stereocenters. The molecule has 0 aliphatic heterocycles. The molecule has 19 heavy (non-hydrogen) atoms. The van der Waals surface area contributed by atoms with E-state index >= 15 is 0 Å². The monoisotopic (exact) mass is 267 g/mol. The van der Waals surface area contributed by atoms with Gasteiger partial charge in [-0.25, -0.2) is 4.79 Å². The minimum Gasteiger partial charge on any atom is -0.475 e. The van der Waals surface area contributed by atoms with Gasteiger partial charge in [-0.1, -0.05) is 0 Å². The van der Waals surface area contributed by atoms with Crippen molar-refractivity contribution >= 4 is 17.9 Å². The molecule has 0 radical (unpaired) electrons. The first kappa shape index (κ1) is 15.1. The molecule has 0 fully saturated rings. The van der Waals surface area contributed by atoms with Crippen LogP contribution in [0.2, 0.25) is 0 Å². The number of aromatic nitrogens is 3. The average Bonchev–Trinajstić information content (AvgIpc) is 2.41. The van der Waals surface area contributed by atoms with Crippen LogP contribution >= 0.6 is 0 Å². The molecular weight excluding hydrogens is 246 g/mol. The zero-order valence-corrected chi connectivity index (χ0v) is 11.9. The third-order valence-corrected chi connectivity index (χ3v) is 2.90. The summed E-state index contributed by atoms with van der Waals surface area (Å²) in [4.78, 5) is 27.3. The number of carboxylic acids is 1. The van der Waals surface area contributed by atoms with Crippen molar-refractivity contribution in [2.75, 3.05) is 36.0 Å². The fraction of sp³-hybridized carbons (Fsp3) is 0.667. The number of carboxylic acid groups (broad SMARTS) is 1. The van der Waals surface area contributed by atoms with Crippen LogP contribution in [0.15, 0.2) is 0 Å². The first-order chi connectivity index (χ1) is 9.07. The zero-order valence-electron chi connectivity index (χ0n) is 11.9. The summed E-state index contributed by atoms with van der Waals surface area (Å²) in [6.45, 7) is 10.8. The van der Waals surface area contributed by atoms with Gasteiger partial charge in [0.1, 0.15) is 0 Å². The van der Waals surface area contributed by atoms with Crippen LogP contribution in [0, 0.1) is 0 Å². The Hall–Kier alpha value is -1.92. The number of hydrogen-bond acceptors (Lipinski definition) is 6. The Kier molecular flexibility index (Phi) is 5.47. The molecular formula is C12H21N5O2. The summed E-state index contributed by atoms with van der Waals surface area (Å²) < 4.78 is 0. The Bertz CT molecular complexity index is 400. The summed E-state index contributed by atoms with van der Waals surface area (Å²) in [7, 11) is 0. The van der Waals surface area contributed by atoms with E-state index in [1.165, 1.54) is 0 Å². The van der Waals surface area contributed by atoms with Crippen LogP contribution in [0.4, 0.5) is 11.9 Å². The molecule has 1 N–H and O–H groups in total. The van der Waals surface area contributed by atoms with Crippen LogP contribution in [0.3, 0.4) is 0 Å². The predicted octanol–water partition coefficient (Wildman–Crippen LogP) is 1.26. The number of hydrogen-bond donors (Lipinski definition) is 1. The van der Waals surface area contributed by atoms with Crippen molar-refractivity contribution in [1.82, 2.24) is 15.0 Å². The van der Waals surface area contributed by atoms with Gasteiger partial charge in [-0.15, -0.1) is 0 Å². The van der Waals surface area contributed by atoms with E-state index in [4.69, 9.17) is 5.11 Å². The summed E-state index contributed by atoms with van der Waals surface area (Å²) in [5.74, 6) is -0.512. The van der Waals surface area contributed by atoms with Crippen molar-refractivity contribution in [1.29, 1.82) is 0 Å². The van der Waals surface area contributed by atoms with Gasteiger partial charge in [0.05, 0.1) is 0 Å². The van der Waals surface area contributed by atoms with Crippen LogP contribution in [0.5, 0.6) is 0 Å². The molecule has 7 nitrogen and oxygen atoms in total. The average molecular weight is 267 g/mol. The Labute approximate surface area is 113 Å². The van der Waals surface area contributed by atoms with Gasteiger partial charge in [0.15, 0.2) is 0 Å². The molecule has 0 saturated heterocycles. The van der Waals surface area contributed by atoms with Gasteiger partial charge < -0.3 is 14.9 Å². The Morgan fingerprint density at radius 1 is 0.895 bits per heavy atom. The smallest absolute Gasteiger partial charge is 0.374 e. The van der Waals surface area contributed by atoms with Crippen LogP contribution in [0.1, 0.15) is 38.3 Å². The van der Waals surface area contributed by atoms with Gasteiger partial charge in [0.2, 0.25) is 17.7 Å². The third kappa shape index (κ3) is 3.52. The second kappa shape index (κ2) is 6.86. The second-order valence-electron chi connectivity index (χ2n) is 3.91. The van der Waals surface area contributed by atoms with E-state index in [1.807, 2.05) is 37.5 Å². The molecule has 0 unspecified atom stereocenters. The molecule has 106 valence electrons. The summed E-state index contributed by atoms with van der Waals surface area (Å²) in [6.07, 6.45) is 0. The maximum atomic E-state index is 11.1. The van der Waals surface area contributed by atoms with E-state index in [2.05, 4.69) is 15.0 Å². The normalized spacial score (nSPS) is 10.3. The fourth-order valence-electron chi connectivity index (χ4n) is 1.75. The molecule has 1 heterocycles. The van der Waals surface area contributed by atoms with E-state index in [9.17, 15) is 4.79 Å². The minimum atomic E-state index is -1.13. The second-order valence-corrected chi connectivity index (χ2v) is 3.91. The SMILES string of the molecule is CCN(CC)c1nc(C(=O)O)nc(N(CC)CC)n1.